The maximum Gasteiger partial charge on any atom is -1.00 e. The Labute approximate surface area is 339 Å². The Morgan fingerprint density at radius 2 is 1.06 bits per heavy atom. The van der Waals surface area contributed by atoms with Crippen LogP contribution in [0.3, 0.4) is 0 Å². The quantitative estimate of drug-likeness (QED) is 0.198. The van der Waals surface area contributed by atoms with Gasteiger partial charge in [-0.2, -0.15) is 0 Å². The fraction of sp³-hybridized carbons (Fsp3) is 0.667. The molecule has 0 aromatic heterocycles. The van der Waals surface area contributed by atoms with Gasteiger partial charge in [0.2, 0.25) is 0 Å². The maximum atomic E-state index is 2.95. The zero-order valence-electron chi connectivity index (χ0n) is 33.8. The van der Waals surface area contributed by atoms with Crippen LogP contribution in [0.2, 0.25) is 14.7 Å². The maximum absolute atomic E-state index is 2.95. The first-order valence-corrected chi connectivity index (χ1v) is 29.1. The smallest absolute Gasteiger partial charge is 1.00 e. The van der Waals surface area contributed by atoms with Crippen molar-refractivity contribution in [1.82, 2.24) is 0 Å². The molecule has 52 heavy (non-hydrogen) atoms. The molecule has 0 spiro atoms. The van der Waals surface area contributed by atoms with Crippen molar-refractivity contribution in [2.45, 2.75) is 154 Å². The Balaban J connectivity index is 0.00000232. The summed E-state index contributed by atoms with van der Waals surface area (Å²) in [5, 5.41) is 0. The van der Waals surface area contributed by atoms with Crippen LogP contribution in [0, 0.1) is 43.8 Å². The Morgan fingerprint density at radius 1 is 0.577 bits per heavy atom. The van der Waals surface area contributed by atoms with Gasteiger partial charge in [0.15, 0.2) is 0 Å². The second kappa shape index (κ2) is 14.5. The molecule has 0 amide bonds. The average molecular weight is 835 g/mol. The molecule has 0 radical (unpaired) electrons. The van der Waals surface area contributed by atoms with Gasteiger partial charge >= 0.3 is 317 Å². The number of hydrogen-bond acceptors (Lipinski definition) is 0. The standard InChI is InChI=1S/C29H37.C14H26Si.C5H5.2ClH.Zr/c1-21-14-13-15-22-20-27(6)25(4)18-10-9-16-23(25,2)24(3)17-11-12-19-26(24,5)29(27,8)28(21,22)7;1-2-6-10-13(9-5-1)15-14-11-7-3-4-8-12-14;1-2-4-5-3-1;;;/h9-20,22H,1-8H3;13-14H,1-12H2;1-3H,4H2;2*1H;/q;;;;;+2/p-2. The molecular weight excluding hydrogens is 767 g/mol. The van der Waals surface area contributed by atoms with Crippen LogP contribution in [0.5, 0.6) is 0 Å². The molecule has 4 fully saturated rings. The van der Waals surface area contributed by atoms with E-state index in [0.29, 0.717) is 5.92 Å². The summed E-state index contributed by atoms with van der Waals surface area (Å²) in [6.45, 7) is 22.1. The molecule has 8 aliphatic rings. The molecule has 9 atom stereocenters. The topological polar surface area (TPSA) is 0 Å². The van der Waals surface area contributed by atoms with E-state index in [0.717, 1.165) is 14.7 Å². The van der Waals surface area contributed by atoms with Gasteiger partial charge < -0.3 is 24.8 Å². The fourth-order valence-corrected chi connectivity index (χ4v) is 47.1. The van der Waals surface area contributed by atoms with Crippen LogP contribution in [0.15, 0.2) is 93.9 Å². The van der Waals surface area contributed by atoms with Crippen molar-refractivity contribution in [2.24, 2.45) is 43.8 Å². The van der Waals surface area contributed by atoms with Crippen molar-refractivity contribution in [3.63, 3.8) is 0 Å². The summed E-state index contributed by atoms with van der Waals surface area (Å²) in [7, 11) is 0. The Hall–Kier alpha value is -0.400. The second-order valence-electron chi connectivity index (χ2n) is 19.6. The summed E-state index contributed by atoms with van der Waals surface area (Å²) in [6.07, 6.45) is 55.9. The Bertz CT molecular complexity index is 1670. The van der Waals surface area contributed by atoms with Gasteiger partial charge in [-0.25, -0.2) is 0 Å². The zero-order chi connectivity index (χ0) is 35.2. The number of allylic oxidation sites excluding steroid dienone is 16. The third-order valence-corrected chi connectivity index (χ3v) is 43.2. The predicted molar refractivity (Wildman–Crippen MR) is 214 cm³/mol. The molecule has 8 aliphatic carbocycles. The van der Waals surface area contributed by atoms with Crippen molar-refractivity contribution in [1.29, 1.82) is 0 Å². The summed E-state index contributed by atoms with van der Waals surface area (Å²) < 4.78 is 2.82. The molecule has 0 aromatic carbocycles. The van der Waals surface area contributed by atoms with Crippen LogP contribution < -0.4 is 24.8 Å². The largest absolute Gasteiger partial charge is 1.00 e. The van der Waals surface area contributed by atoms with Gasteiger partial charge in [-0.15, -0.1) is 0 Å². The van der Waals surface area contributed by atoms with E-state index >= 15 is 0 Å². The molecule has 0 heterocycles. The van der Waals surface area contributed by atoms with E-state index in [4.69, 9.17) is 0 Å². The predicted octanol–water partition coefficient (Wildman–Crippen LogP) is 8.14. The molecule has 4 saturated carbocycles. The van der Waals surface area contributed by atoms with Crippen molar-refractivity contribution in [2.75, 3.05) is 0 Å². The number of rotatable bonds is 4. The summed E-state index contributed by atoms with van der Waals surface area (Å²) in [5.74, 6) is 0.605. The van der Waals surface area contributed by atoms with E-state index in [2.05, 4.69) is 140 Å². The molecule has 0 aromatic rings. The van der Waals surface area contributed by atoms with Gasteiger partial charge in [0.05, 0.1) is 0 Å². The van der Waals surface area contributed by atoms with E-state index < -0.39 is 25.8 Å². The van der Waals surface area contributed by atoms with Crippen LogP contribution in [-0.4, -0.2) is 5.43 Å². The molecule has 8 rings (SSSR count). The Morgan fingerprint density at radius 3 is 1.56 bits per heavy atom. The molecule has 0 nitrogen and oxygen atoms in total. The number of hydrogen-bond donors (Lipinski definition) is 0. The van der Waals surface area contributed by atoms with Gasteiger partial charge in [0.25, 0.3) is 0 Å². The third-order valence-electron chi connectivity index (χ3n) is 18.8. The van der Waals surface area contributed by atoms with Crippen LogP contribution >= 0.6 is 0 Å². The molecule has 0 saturated heterocycles. The van der Waals surface area contributed by atoms with Crippen LogP contribution in [-0.2, 0) is 20.4 Å². The van der Waals surface area contributed by atoms with Gasteiger partial charge in [0, 0.05) is 0 Å². The van der Waals surface area contributed by atoms with Crippen molar-refractivity contribution >= 4 is 5.43 Å². The van der Waals surface area contributed by atoms with Crippen LogP contribution in [0.4, 0.5) is 0 Å². The second-order valence-corrected chi connectivity index (χ2v) is 34.7. The third kappa shape index (κ3) is 4.97. The summed E-state index contributed by atoms with van der Waals surface area (Å²) in [6, 6.07) is 0. The Kier molecular flexibility index (Phi) is 11.5. The SMILES string of the molecule is CC1=CC=CC2[CH]([Zr+2]([C]3=CC=CC3)=[Si](C3CCCCCC3)C3CCCCCC3)C3(C)C4(C)C=CC=CC4(C)C4(C)C=CC=CC4(C)C3(C)C12C.[Cl-].[Cl-]. The first-order valence-electron chi connectivity index (χ1n) is 21.1. The van der Waals surface area contributed by atoms with E-state index in [9.17, 15) is 0 Å². The van der Waals surface area contributed by atoms with E-state index in [-0.39, 0.29) is 62.7 Å². The minimum absolute atomic E-state index is 0. The van der Waals surface area contributed by atoms with Crippen LogP contribution in [0.25, 0.3) is 0 Å². The summed E-state index contributed by atoms with van der Waals surface area (Å²) in [5.41, 5.74) is 3.39. The zero-order valence-corrected chi connectivity index (χ0v) is 38.8. The minimum Gasteiger partial charge on any atom is -1.00 e. The van der Waals surface area contributed by atoms with E-state index in [1.165, 1.54) is 57.8 Å². The monoisotopic (exact) mass is 832 g/mol. The van der Waals surface area contributed by atoms with Gasteiger partial charge in [0.1, 0.15) is 0 Å². The van der Waals surface area contributed by atoms with Crippen LogP contribution in [0.1, 0.15) is 139 Å². The van der Waals surface area contributed by atoms with Gasteiger partial charge in [-0.3, -0.25) is 0 Å². The molecule has 0 aliphatic heterocycles. The summed E-state index contributed by atoms with van der Waals surface area (Å²) in [4.78, 5) is 0. The van der Waals surface area contributed by atoms with Gasteiger partial charge in [-0.05, 0) is 0 Å². The molecule has 0 N–H and O–H groups in total. The normalized spacial score (nSPS) is 44.8. The van der Waals surface area contributed by atoms with E-state index in [1.54, 1.807) is 31.3 Å². The van der Waals surface area contributed by atoms with E-state index in [1.807, 2.05) is 3.28 Å². The summed E-state index contributed by atoms with van der Waals surface area (Å²) >= 11 is -2.46. The molecule has 9 unspecified atom stereocenters. The van der Waals surface area contributed by atoms with Crippen molar-refractivity contribution in [3.05, 3.63) is 93.9 Å². The number of halogens is 2. The molecule has 4 heteroatoms. The molecular formula is C48H68Cl2SiZr. The van der Waals surface area contributed by atoms with Gasteiger partial charge in [-0.1, -0.05) is 0 Å². The molecule has 282 valence electrons. The fourth-order valence-electron chi connectivity index (χ4n) is 15.4. The van der Waals surface area contributed by atoms with Crippen molar-refractivity contribution in [3.8, 4) is 0 Å². The molecule has 0 bridgehead atoms. The first kappa shape index (κ1) is 41.2. The first-order chi connectivity index (χ1) is 23.9. The minimum atomic E-state index is -2.46. The number of fused-ring (bicyclic) bond motifs is 8. The average Bonchev–Trinajstić information content (AvgIpc) is 3.41. The van der Waals surface area contributed by atoms with Crippen molar-refractivity contribution < 1.29 is 45.2 Å².